The van der Waals surface area contributed by atoms with Crippen LogP contribution >= 0.6 is 0 Å². The van der Waals surface area contributed by atoms with Crippen molar-refractivity contribution in [2.45, 2.75) is 82.3 Å². The monoisotopic (exact) mass is 610 g/mol. The fraction of sp³-hybridized carbons (Fsp3) is 0.514. The van der Waals surface area contributed by atoms with Crippen molar-refractivity contribution in [2.75, 3.05) is 25.6 Å². The minimum absolute atomic E-state index is 0.0997. The number of hydrogen-bond donors (Lipinski definition) is 1. The molecular weight excluding hydrogens is 568 g/mol. The minimum atomic E-state index is -0.425. The number of pyridine rings is 1. The Morgan fingerprint density at radius 1 is 1.02 bits per heavy atom. The Morgan fingerprint density at radius 2 is 1.80 bits per heavy atom. The number of carbonyl (C=O) groups is 2. The van der Waals surface area contributed by atoms with Gasteiger partial charge in [0.05, 0.1) is 24.9 Å². The van der Waals surface area contributed by atoms with Gasteiger partial charge in [0.25, 0.3) is 0 Å². The van der Waals surface area contributed by atoms with Gasteiger partial charge in [-0.2, -0.15) is 10.4 Å². The maximum atomic E-state index is 14.2. The van der Waals surface area contributed by atoms with Crippen molar-refractivity contribution in [2.24, 2.45) is 11.8 Å². The zero-order valence-electron chi connectivity index (χ0n) is 26.2. The number of carbonyl (C=O) groups excluding carboxylic acids is 2. The average Bonchev–Trinajstić information content (AvgIpc) is 3.82. The van der Waals surface area contributed by atoms with E-state index in [4.69, 9.17) is 14.5 Å². The molecule has 1 aromatic carbocycles. The Bertz CT molecular complexity index is 1540. The predicted molar refractivity (Wildman–Crippen MR) is 170 cm³/mol. The highest BCUT2D eigenvalue weighted by atomic mass is 16.6. The van der Waals surface area contributed by atoms with Crippen LogP contribution in [-0.4, -0.2) is 53.6 Å². The molecule has 1 N–H and O–H groups in total. The van der Waals surface area contributed by atoms with E-state index in [9.17, 15) is 14.9 Å². The number of benzene rings is 1. The third-order valence-electron chi connectivity index (χ3n) is 9.75. The third-order valence-corrected chi connectivity index (χ3v) is 9.75. The highest BCUT2D eigenvalue weighted by Gasteiger charge is 2.34. The van der Waals surface area contributed by atoms with Crippen LogP contribution < -0.4 is 15.0 Å². The zero-order chi connectivity index (χ0) is 31.3. The molecule has 3 aliphatic carbocycles. The van der Waals surface area contributed by atoms with Crippen LogP contribution in [-0.2, 0) is 9.53 Å². The van der Waals surface area contributed by atoms with Crippen molar-refractivity contribution in [3.63, 3.8) is 0 Å². The lowest BCUT2D eigenvalue weighted by atomic mass is 9.78. The summed E-state index contributed by atoms with van der Waals surface area (Å²) in [6.07, 6.45) is 14.2. The van der Waals surface area contributed by atoms with Crippen LogP contribution in [0.2, 0.25) is 0 Å². The number of nitrogens with one attached hydrogen (secondary N) is 1. The van der Waals surface area contributed by atoms with Gasteiger partial charge < -0.3 is 14.8 Å². The summed E-state index contributed by atoms with van der Waals surface area (Å²) in [5.74, 6) is 1.96. The van der Waals surface area contributed by atoms with E-state index in [0.717, 1.165) is 36.8 Å². The molecule has 0 radical (unpaired) electrons. The highest BCUT2D eigenvalue weighted by Crippen LogP contribution is 2.39. The molecule has 45 heavy (non-hydrogen) atoms. The molecule has 2 amide bonds. The summed E-state index contributed by atoms with van der Waals surface area (Å²) >= 11 is 0. The van der Waals surface area contributed by atoms with Crippen LogP contribution in [0.4, 0.5) is 10.6 Å². The molecule has 3 saturated carbocycles. The van der Waals surface area contributed by atoms with Crippen LogP contribution in [0, 0.1) is 23.2 Å². The molecule has 2 heterocycles. The molecule has 0 aliphatic heterocycles. The lowest BCUT2D eigenvalue weighted by Crippen LogP contribution is -2.42. The van der Waals surface area contributed by atoms with Gasteiger partial charge in [0.2, 0.25) is 5.91 Å². The number of amides is 2. The van der Waals surface area contributed by atoms with Crippen molar-refractivity contribution in [3.05, 3.63) is 60.0 Å². The quantitative estimate of drug-likeness (QED) is 0.298. The molecule has 0 unspecified atom stereocenters. The van der Waals surface area contributed by atoms with Crippen LogP contribution in [0.1, 0.15) is 87.3 Å². The normalized spacial score (nSPS) is 23.0. The maximum absolute atomic E-state index is 14.2. The van der Waals surface area contributed by atoms with Crippen LogP contribution in [0.25, 0.3) is 11.1 Å². The standard InChI is InChI=1S/C35H42N6O4/c1-37-35(43)45-31-12-7-25(8-13-31)34(42)40(33-18-27(15-16-38-33)29-20-39-41(22-29)30-10-11-30)21-23-3-5-24(6-4-23)26-9-14-32(44-2)28(17-26)19-36/h9,14-18,20,22-25,30-31H,3-8,10-13,21H2,1-2H3,(H,37,43). The van der Waals surface area contributed by atoms with Crippen molar-refractivity contribution in [1.29, 1.82) is 5.26 Å². The number of alkyl carbamates (subject to hydrolysis) is 1. The van der Waals surface area contributed by atoms with E-state index in [1.165, 1.54) is 18.4 Å². The first kappa shape index (κ1) is 30.6. The summed E-state index contributed by atoms with van der Waals surface area (Å²) in [7, 11) is 3.14. The van der Waals surface area contributed by atoms with Crippen molar-refractivity contribution in [1.82, 2.24) is 20.1 Å². The second kappa shape index (κ2) is 13.7. The van der Waals surface area contributed by atoms with E-state index < -0.39 is 6.09 Å². The minimum Gasteiger partial charge on any atom is -0.495 e. The molecule has 10 heteroatoms. The Balaban J connectivity index is 1.18. The number of hydrogen-bond acceptors (Lipinski definition) is 7. The van der Waals surface area contributed by atoms with Crippen LogP contribution in [0.15, 0.2) is 48.9 Å². The van der Waals surface area contributed by atoms with Crippen molar-refractivity contribution >= 4 is 17.8 Å². The lowest BCUT2D eigenvalue weighted by molar-refractivity contribution is -0.124. The number of nitrogens with zero attached hydrogens (tertiary/aromatic N) is 5. The molecule has 0 spiro atoms. The number of aromatic nitrogens is 3. The van der Waals surface area contributed by atoms with Crippen LogP contribution in [0.5, 0.6) is 5.75 Å². The largest absolute Gasteiger partial charge is 0.495 e. The third kappa shape index (κ3) is 7.14. The Labute approximate surface area is 264 Å². The topological polar surface area (TPSA) is 122 Å². The molecule has 3 fully saturated rings. The number of rotatable bonds is 9. The van der Waals surface area contributed by atoms with E-state index in [0.29, 0.717) is 67.2 Å². The van der Waals surface area contributed by atoms with Gasteiger partial charge in [-0.1, -0.05) is 6.07 Å². The number of anilines is 1. The molecule has 6 rings (SSSR count). The molecule has 3 aromatic rings. The van der Waals surface area contributed by atoms with E-state index in [1.54, 1.807) is 20.4 Å². The van der Waals surface area contributed by atoms with Crippen molar-refractivity contribution < 1.29 is 19.1 Å². The van der Waals surface area contributed by atoms with E-state index in [2.05, 4.69) is 28.7 Å². The molecule has 10 nitrogen and oxygen atoms in total. The number of methoxy groups -OCH3 is 1. The molecule has 3 aliphatic rings. The first-order valence-corrected chi connectivity index (χ1v) is 16.2. The number of ether oxygens (including phenoxy) is 2. The Morgan fingerprint density at radius 3 is 2.49 bits per heavy atom. The van der Waals surface area contributed by atoms with E-state index >= 15 is 0 Å². The van der Waals surface area contributed by atoms with Gasteiger partial charge in [-0.15, -0.1) is 0 Å². The maximum Gasteiger partial charge on any atom is 0.407 e. The molecule has 236 valence electrons. The van der Waals surface area contributed by atoms with Gasteiger partial charge in [-0.3, -0.25) is 14.4 Å². The van der Waals surface area contributed by atoms with Gasteiger partial charge in [0.1, 0.15) is 23.7 Å². The predicted octanol–water partition coefficient (Wildman–Crippen LogP) is 6.38. The number of nitriles is 1. The first-order chi connectivity index (χ1) is 21.9. The second-order valence-electron chi connectivity index (χ2n) is 12.7. The smallest absolute Gasteiger partial charge is 0.407 e. The fourth-order valence-corrected chi connectivity index (χ4v) is 6.93. The zero-order valence-corrected chi connectivity index (χ0v) is 26.2. The second-order valence-corrected chi connectivity index (χ2v) is 12.7. The van der Waals surface area contributed by atoms with Crippen molar-refractivity contribution in [3.8, 4) is 22.9 Å². The summed E-state index contributed by atoms with van der Waals surface area (Å²) in [4.78, 5) is 32.6. The van der Waals surface area contributed by atoms with Gasteiger partial charge >= 0.3 is 6.09 Å². The van der Waals surface area contributed by atoms with E-state index in [-0.39, 0.29) is 17.9 Å². The Hall–Kier alpha value is -4.39. The van der Waals surface area contributed by atoms with Gasteiger partial charge in [0.15, 0.2) is 0 Å². The van der Waals surface area contributed by atoms with Gasteiger partial charge in [-0.05, 0) is 111 Å². The highest BCUT2D eigenvalue weighted by molar-refractivity contribution is 5.94. The first-order valence-electron chi connectivity index (χ1n) is 16.2. The van der Waals surface area contributed by atoms with Crippen LogP contribution in [0.3, 0.4) is 0 Å². The van der Waals surface area contributed by atoms with E-state index in [1.807, 2.05) is 40.0 Å². The summed E-state index contributed by atoms with van der Waals surface area (Å²) in [6.45, 7) is 0.615. The average molecular weight is 611 g/mol. The lowest BCUT2D eigenvalue weighted by Gasteiger charge is -2.35. The molecule has 0 atom stereocenters. The molecular formula is C35H42N6O4. The summed E-state index contributed by atoms with van der Waals surface area (Å²) < 4.78 is 12.9. The summed E-state index contributed by atoms with van der Waals surface area (Å²) in [5, 5.41) is 16.6. The fourth-order valence-electron chi connectivity index (χ4n) is 6.93. The Kier molecular flexibility index (Phi) is 9.34. The summed E-state index contributed by atoms with van der Waals surface area (Å²) in [5.41, 5.74) is 3.78. The molecule has 2 aromatic heterocycles. The van der Waals surface area contributed by atoms with Gasteiger partial charge in [0, 0.05) is 37.5 Å². The molecule has 0 saturated heterocycles. The molecule has 0 bridgehead atoms. The summed E-state index contributed by atoms with van der Waals surface area (Å²) in [6, 6.07) is 12.7. The SMILES string of the molecule is CNC(=O)OC1CCC(C(=O)N(CC2CCC(c3ccc(OC)c(C#N)c3)CC2)c2cc(-c3cnn(C4CC4)c3)ccn2)CC1. The van der Waals surface area contributed by atoms with Gasteiger partial charge in [-0.25, -0.2) is 9.78 Å².